The smallest absolute Gasteiger partial charge is 0.256 e. The van der Waals surface area contributed by atoms with Gasteiger partial charge in [-0.05, 0) is 37.0 Å². The van der Waals surface area contributed by atoms with Crippen LogP contribution >= 0.6 is 0 Å². The number of hydrogen-bond acceptors (Lipinski definition) is 5. The van der Waals surface area contributed by atoms with Crippen molar-refractivity contribution < 1.29 is 9.53 Å². The number of aromatic nitrogens is 1. The third-order valence-electron chi connectivity index (χ3n) is 6.10. The average molecular weight is 395 g/mol. The standard InChI is InChI=1S/C23H30N4O2/c1-17-9-12-26(13-10-17)22-8-7-18(15-25-22)23(28)27-14-11-24-16-20(27)19-5-3-4-6-21(19)29-2/h3-8,15,17,20,24H,9-14,16H2,1-2H3. The van der Waals surface area contributed by atoms with Crippen molar-refractivity contribution in [3.05, 3.63) is 53.7 Å². The van der Waals surface area contributed by atoms with Crippen LogP contribution in [0.3, 0.4) is 0 Å². The maximum Gasteiger partial charge on any atom is 0.256 e. The fraction of sp³-hybridized carbons (Fsp3) is 0.478. The SMILES string of the molecule is COc1ccccc1C1CNCCN1C(=O)c1ccc(N2CCC(C)CC2)nc1. The summed E-state index contributed by atoms with van der Waals surface area (Å²) in [4.78, 5) is 22.2. The molecule has 0 saturated carbocycles. The molecule has 4 rings (SSSR count). The molecule has 3 heterocycles. The summed E-state index contributed by atoms with van der Waals surface area (Å²) in [6.45, 7) is 6.54. The number of carbonyl (C=O) groups excluding carboxylic acids is 1. The molecule has 2 aromatic rings. The Bertz CT molecular complexity index is 831. The van der Waals surface area contributed by atoms with Crippen LogP contribution in [0, 0.1) is 5.92 Å². The zero-order valence-corrected chi connectivity index (χ0v) is 17.3. The topological polar surface area (TPSA) is 57.7 Å². The zero-order chi connectivity index (χ0) is 20.2. The molecule has 1 aromatic carbocycles. The van der Waals surface area contributed by atoms with Gasteiger partial charge in [0.15, 0.2) is 0 Å². The normalized spacial score (nSPS) is 20.6. The van der Waals surface area contributed by atoms with E-state index in [0.29, 0.717) is 18.7 Å². The van der Waals surface area contributed by atoms with Crippen LogP contribution in [-0.4, -0.2) is 55.6 Å². The van der Waals surface area contributed by atoms with Crippen LogP contribution < -0.4 is 15.0 Å². The van der Waals surface area contributed by atoms with Gasteiger partial charge in [0.05, 0.1) is 18.7 Å². The van der Waals surface area contributed by atoms with Crippen LogP contribution in [0.5, 0.6) is 5.75 Å². The molecule has 1 amide bonds. The average Bonchev–Trinajstić information content (AvgIpc) is 2.79. The van der Waals surface area contributed by atoms with Crippen molar-refractivity contribution >= 4 is 11.7 Å². The molecule has 29 heavy (non-hydrogen) atoms. The lowest BCUT2D eigenvalue weighted by molar-refractivity contribution is 0.0631. The number of para-hydroxylation sites is 1. The molecule has 1 aromatic heterocycles. The Hall–Kier alpha value is -2.60. The second-order valence-electron chi connectivity index (χ2n) is 8.04. The highest BCUT2D eigenvalue weighted by atomic mass is 16.5. The van der Waals surface area contributed by atoms with E-state index in [2.05, 4.69) is 22.1 Å². The highest BCUT2D eigenvalue weighted by Crippen LogP contribution is 2.31. The van der Waals surface area contributed by atoms with Crippen LogP contribution in [0.25, 0.3) is 0 Å². The Morgan fingerprint density at radius 1 is 1.14 bits per heavy atom. The Balaban J connectivity index is 1.52. The molecule has 0 bridgehead atoms. The number of benzene rings is 1. The third-order valence-corrected chi connectivity index (χ3v) is 6.10. The number of amides is 1. The Morgan fingerprint density at radius 3 is 2.66 bits per heavy atom. The molecule has 0 aliphatic carbocycles. The summed E-state index contributed by atoms with van der Waals surface area (Å²) < 4.78 is 5.54. The Morgan fingerprint density at radius 2 is 1.93 bits per heavy atom. The predicted molar refractivity (Wildman–Crippen MR) is 114 cm³/mol. The van der Waals surface area contributed by atoms with Gasteiger partial charge in [-0.25, -0.2) is 4.98 Å². The first-order chi connectivity index (χ1) is 14.2. The summed E-state index contributed by atoms with van der Waals surface area (Å²) >= 11 is 0. The lowest BCUT2D eigenvalue weighted by atomic mass is 9.99. The van der Waals surface area contributed by atoms with Gasteiger partial charge in [-0.1, -0.05) is 25.1 Å². The maximum absolute atomic E-state index is 13.3. The van der Waals surface area contributed by atoms with Gasteiger partial charge in [0.2, 0.25) is 0 Å². The highest BCUT2D eigenvalue weighted by Gasteiger charge is 2.30. The summed E-state index contributed by atoms with van der Waals surface area (Å²) in [6.07, 6.45) is 4.13. The molecule has 6 nitrogen and oxygen atoms in total. The van der Waals surface area contributed by atoms with Crippen LogP contribution in [0.4, 0.5) is 5.82 Å². The van der Waals surface area contributed by atoms with E-state index in [1.807, 2.05) is 41.3 Å². The number of anilines is 1. The van der Waals surface area contributed by atoms with Gasteiger partial charge >= 0.3 is 0 Å². The van der Waals surface area contributed by atoms with E-state index in [0.717, 1.165) is 42.7 Å². The molecule has 2 saturated heterocycles. The summed E-state index contributed by atoms with van der Waals surface area (Å²) in [5, 5.41) is 3.40. The minimum Gasteiger partial charge on any atom is -0.496 e. The van der Waals surface area contributed by atoms with Crippen molar-refractivity contribution in [2.45, 2.75) is 25.8 Å². The van der Waals surface area contributed by atoms with Gasteiger partial charge in [-0.15, -0.1) is 0 Å². The molecule has 1 unspecified atom stereocenters. The van der Waals surface area contributed by atoms with Crippen LogP contribution in [0.1, 0.15) is 41.7 Å². The fourth-order valence-corrected chi connectivity index (χ4v) is 4.27. The minimum atomic E-state index is -0.0596. The predicted octanol–water partition coefficient (Wildman–Crippen LogP) is 3.11. The molecule has 6 heteroatoms. The molecule has 154 valence electrons. The third kappa shape index (κ3) is 4.22. The van der Waals surface area contributed by atoms with Crippen LogP contribution in [0.2, 0.25) is 0 Å². The molecule has 1 N–H and O–H groups in total. The number of carbonyl (C=O) groups is 1. The van der Waals surface area contributed by atoms with Crippen molar-refractivity contribution in [1.29, 1.82) is 0 Å². The first-order valence-corrected chi connectivity index (χ1v) is 10.5. The van der Waals surface area contributed by atoms with Gasteiger partial charge < -0.3 is 19.9 Å². The van der Waals surface area contributed by atoms with E-state index < -0.39 is 0 Å². The largest absolute Gasteiger partial charge is 0.496 e. The van der Waals surface area contributed by atoms with E-state index in [4.69, 9.17) is 4.74 Å². The zero-order valence-electron chi connectivity index (χ0n) is 17.3. The van der Waals surface area contributed by atoms with E-state index >= 15 is 0 Å². The number of nitrogens with zero attached hydrogens (tertiary/aromatic N) is 3. The van der Waals surface area contributed by atoms with Crippen LogP contribution in [-0.2, 0) is 0 Å². The van der Waals surface area contributed by atoms with Gasteiger partial charge in [0.1, 0.15) is 11.6 Å². The summed E-state index contributed by atoms with van der Waals surface area (Å²) in [6, 6.07) is 11.8. The number of rotatable bonds is 4. The lowest BCUT2D eigenvalue weighted by Crippen LogP contribution is -2.48. The maximum atomic E-state index is 13.3. The van der Waals surface area contributed by atoms with E-state index in [-0.39, 0.29) is 11.9 Å². The number of ether oxygens (including phenoxy) is 1. The van der Waals surface area contributed by atoms with Crippen molar-refractivity contribution in [2.75, 3.05) is 44.7 Å². The second-order valence-corrected chi connectivity index (χ2v) is 8.04. The first kappa shape index (κ1) is 19.7. The van der Waals surface area contributed by atoms with Crippen molar-refractivity contribution in [3.63, 3.8) is 0 Å². The van der Waals surface area contributed by atoms with E-state index in [1.54, 1.807) is 13.3 Å². The first-order valence-electron chi connectivity index (χ1n) is 10.5. The molecular formula is C23H30N4O2. The number of hydrogen-bond donors (Lipinski definition) is 1. The van der Waals surface area contributed by atoms with E-state index in [1.165, 1.54) is 12.8 Å². The van der Waals surface area contributed by atoms with Crippen molar-refractivity contribution in [3.8, 4) is 5.75 Å². The number of methoxy groups -OCH3 is 1. The molecule has 2 aliphatic heterocycles. The molecule has 1 atom stereocenters. The van der Waals surface area contributed by atoms with Gasteiger partial charge in [-0.3, -0.25) is 4.79 Å². The number of piperidine rings is 1. The molecular weight excluding hydrogens is 364 g/mol. The van der Waals surface area contributed by atoms with E-state index in [9.17, 15) is 4.79 Å². The minimum absolute atomic E-state index is 0.0220. The molecule has 0 spiro atoms. The lowest BCUT2D eigenvalue weighted by Gasteiger charge is -2.37. The molecule has 2 fully saturated rings. The van der Waals surface area contributed by atoms with Gasteiger partial charge in [-0.2, -0.15) is 0 Å². The summed E-state index contributed by atoms with van der Waals surface area (Å²) in [5.74, 6) is 2.59. The Kier molecular flexibility index (Phi) is 6.00. The molecule has 2 aliphatic rings. The Labute approximate surface area is 172 Å². The summed E-state index contributed by atoms with van der Waals surface area (Å²) in [7, 11) is 1.67. The number of pyridine rings is 1. The fourth-order valence-electron chi connectivity index (χ4n) is 4.27. The van der Waals surface area contributed by atoms with Crippen LogP contribution in [0.15, 0.2) is 42.6 Å². The highest BCUT2D eigenvalue weighted by molar-refractivity contribution is 5.94. The van der Waals surface area contributed by atoms with Gasteiger partial charge in [0.25, 0.3) is 5.91 Å². The second kappa shape index (κ2) is 8.82. The van der Waals surface area contributed by atoms with Crippen molar-refractivity contribution in [1.82, 2.24) is 15.2 Å². The monoisotopic (exact) mass is 394 g/mol. The summed E-state index contributed by atoms with van der Waals surface area (Å²) in [5.41, 5.74) is 1.67. The number of piperazine rings is 1. The van der Waals surface area contributed by atoms with Gasteiger partial charge in [0, 0.05) is 44.5 Å². The number of nitrogens with one attached hydrogen (secondary N) is 1. The molecule has 0 radical (unpaired) electrons. The van der Waals surface area contributed by atoms with Crippen molar-refractivity contribution in [2.24, 2.45) is 5.92 Å². The quantitative estimate of drug-likeness (QED) is 0.864.